The number of nitrogen functional groups attached to an aromatic ring is 1. The van der Waals surface area contributed by atoms with Crippen LogP contribution in [0.1, 0.15) is 11.1 Å². The molecule has 0 fully saturated rings. The summed E-state index contributed by atoms with van der Waals surface area (Å²) < 4.78 is 2.39. The molecular formula is C16H14BrClN6S. The Morgan fingerprint density at radius 3 is 2.60 bits per heavy atom. The number of nitrogens with two attached hydrogens (primary N) is 1. The van der Waals surface area contributed by atoms with Crippen molar-refractivity contribution < 1.29 is 0 Å². The van der Waals surface area contributed by atoms with Crippen molar-refractivity contribution in [2.45, 2.75) is 10.9 Å². The average Bonchev–Trinajstić information content (AvgIpc) is 2.96. The van der Waals surface area contributed by atoms with Crippen LogP contribution in [0, 0.1) is 0 Å². The molecule has 3 aromatic rings. The summed E-state index contributed by atoms with van der Waals surface area (Å²) >= 11 is 10.8. The molecule has 0 spiro atoms. The summed E-state index contributed by atoms with van der Waals surface area (Å²) in [6.07, 6.45) is 1.68. The third-order valence-corrected chi connectivity index (χ3v) is 4.99. The minimum Gasteiger partial charge on any atom is -0.334 e. The fourth-order valence-electron chi connectivity index (χ4n) is 1.89. The van der Waals surface area contributed by atoms with Crippen LogP contribution < -0.4 is 11.3 Å². The number of rotatable bonds is 6. The predicted octanol–water partition coefficient (Wildman–Crippen LogP) is 4.15. The maximum atomic E-state index is 6.00. The van der Waals surface area contributed by atoms with Crippen molar-refractivity contribution >= 4 is 51.5 Å². The van der Waals surface area contributed by atoms with Gasteiger partial charge in [-0.2, -0.15) is 5.10 Å². The van der Waals surface area contributed by atoms with Gasteiger partial charge in [-0.1, -0.05) is 63.6 Å². The number of hydrogen-bond acceptors (Lipinski definition) is 6. The van der Waals surface area contributed by atoms with E-state index in [2.05, 4.69) is 36.7 Å². The number of nitrogens with one attached hydrogen (secondary N) is 1. The first-order valence-electron chi connectivity index (χ1n) is 7.24. The van der Waals surface area contributed by atoms with E-state index in [1.54, 1.807) is 6.21 Å². The third-order valence-electron chi connectivity index (χ3n) is 3.19. The summed E-state index contributed by atoms with van der Waals surface area (Å²) in [4.78, 5) is 0. The summed E-state index contributed by atoms with van der Waals surface area (Å²) in [5.41, 5.74) is 4.87. The number of thioether (sulfide) groups is 1. The number of hydrogen-bond donors (Lipinski definition) is 2. The molecule has 1 heterocycles. The SMILES string of the molecule is Nn1c(N/N=C/c2ccc(Br)cc2)nnc1SCc1ccc(Cl)cc1. The molecule has 3 N–H and O–H groups in total. The van der Waals surface area contributed by atoms with Crippen LogP contribution in [0.2, 0.25) is 5.02 Å². The Morgan fingerprint density at radius 2 is 1.88 bits per heavy atom. The van der Waals surface area contributed by atoms with Gasteiger partial charge < -0.3 is 5.84 Å². The van der Waals surface area contributed by atoms with Crippen LogP contribution in [0.25, 0.3) is 0 Å². The largest absolute Gasteiger partial charge is 0.334 e. The lowest BCUT2D eigenvalue weighted by Crippen LogP contribution is -2.13. The minimum atomic E-state index is 0.368. The topological polar surface area (TPSA) is 81.1 Å². The van der Waals surface area contributed by atoms with Crippen LogP contribution in [0.5, 0.6) is 0 Å². The zero-order chi connectivity index (χ0) is 17.6. The molecule has 0 atom stereocenters. The zero-order valence-electron chi connectivity index (χ0n) is 12.9. The van der Waals surface area contributed by atoms with Gasteiger partial charge in [0.05, 0.1) is 6.21 Å². The van der Waals surface area contributed by atoms with Crippen LogP contribution in [-0.4, -0.2) is 21.1 Å². The Labute approximate surface area is 162 Å². The lowest BCUT2D eigenvalue weighted by Gasteiger charge is -2.03. The van der Waals surface area contributed by atoms with Gasteiger partial charge in [0.2, 0.25) is 5.16 Å². The lowest BCUT2D eigenvalue weighted by molar-refractivity contribution is 0.847. The molecule has 3 rings (SSSR count). The van der Waals surface area contributed by atoms with Gasteiger partial charge in [-0.25, -0.2) is 10.1 Å². The van der Waals surface area contributed by atoms with Crippen LogP contribution in [0.3, 0.4) is 0 Å². The third kappa shape index (κ3) is 4.97. The van der Waals surface area contributed by atoms with Crippen molar-refractivity contribution in [3.63, 3.8) is 0 Å². The van der Waals surface area contributed by atoms with Crippen LogP contribution in [0.4, 0.5) is 5.95 Å². The van der Waals surface area contributed by atoms with Gasteiger partial charge in [0.1, 0.15) is 0 Å². The van der Waals surface area contributed by atoms with Crippen molar-refractivity contribution in [2.24, 2.45) is 5.10 Å². The molecule has 6 nitrogen and oxygen atoms in total. The second-order valence-corrected chi connectivity index (χ2v) is 7.31. The van der Waals surface area contributed by atoms with Crippen molar-refractivity contribution in [1.29, 1.82) is 0 Å². The van der Waals surface area contributed by atoms with Gasteiger partial charge in [0.15, 0.2) is 0 Å². The van der Waals surface area contributed by atoms with E-state index in [1.165, 1.54) is 16.4 Å². The number of halogens is 2. The average molecular weight is 438 g/mol. The van der Waals surface area contributed by atoms with Crippen LogP contribution in [-0.2, 0) is 5.75 Å². The Balaban J connectivity index is 1.58. The summed E-state index contributed by atoms with van der Waals surface area (Å²) in [7, 11) is 0. The highest BCUT2D eigenvalue weighted by Crippen LogP contribution is 2.22. The predicted molar refractivity (Wildman–Crippen MR) is 107 cm³/mol. The molecule has 0 aliphatic carbocycles. The second-order valence-electron chi connectivity index (χ2n) is 5.01. The smallest absolute Gasteiger partial charge is 0.264 e. The number of aromatic nitrogens is 3. The Bertz CT molecular complexity index is 863. The van der Waals surface area contributed by atoms with Crippen molar-refractivity contribution in [1.82, 2.24) is 14.9 Å². The van der Waals surface area contributed by atoms with E-state index in [0.717, 1.165) is 15.6 Å². The summed E-state index contributed by atoms with van der Waals surface area (Å²) in [6, 6.07) is 15.4. The highest BCUT2D eigenvalue weighted by Gasteiger charge is 2.09. The van der Waals surface area contributed by atoms with E-state index in [0.29, 0.717) is 21.9 Å². The fraction of sp³-hybridized carbons (Fsp3) is 0.0625. The molecule has 0 saturated heterocycles. The van der Waals surface area contributed by atoms with Gasteiger partial charge in [-0.05, 0) is 35.4 Å². The number of hydrazone groups is 1. The Morgan fingerprint density at radius 1 is 1.16 bits per heavy atom. The minimum absolute atomic E-state index is 0.368. The fourth-order valence-corrected chi connectivity index (χ4v) is 3.10. The van der Waals surface area contributed by atoms with E-state index in [9.17, 15) is 0 Å². The lowest BCUT2D eigenvalue weighted by atomic mass is 10.2. The molecule has 0 aliphatic heterocycles. The van der Waals surface area contributed by atoms with Crippen LogP contribution in [0.15, 0.2) is 63.3 Å². The molecule has 0 radical (unpaired) electrons. The van der Waals surface area contributed by atoms with Crippen molar-refractivity contribution in [3.8, 4) is 0 Å². The molecule has 0 aliphatic rings. The van der Waals surface area contributed by atoms with Gasteiger partial charge in [-0.15, -0.1) is 10.2 Å². The molecule has 9 heteroatoms. The first-order chi connectivity index (χ1) is 12.1. The molecule has 128 valence electrons. The quantitative estimate of drug-likeness (QED) is 0.262. The maximum absolute atomic E-state index is 6.00. The highest BCUT2D eigenvalue weighted by atomic mass is 79.9. The van der Waals surface area contributed by atoms with E-state index >= 15 is 0 Å². The van der Waals surface area contributed by atoms with Gasteiger partial charge in [-0.3, -0.25) is 0 Å². The summed E-state index contributed by atoms with van der Waals surface area (Å²) in [5, 5.41) is 13.5. The van der Waals surface area contributed by atoms with E-state index in [1.807, 2.05) is 48.5 Å². The summed E-state index contributed by atoms with van der Waals surface area (Å²) in [6.45, 7) is 0. The Hall–Kier alpha value is -2.03. The highest BCUT2D eigenvalue weighted by molar-refractivity contribution is 9.10. The normalized spacial score (nSPS) is 11.1. The number of benzene rings is 2. The molecule has 0 saturated carbocycles. The van der Waals surface area contributed by atoms with E-state index in [-0.39, 0.29) is 0 Å². The molecule has 1 aromatic heterocycles. The molecule has 25 heavy (non-hydrogen) atoms. The van der Waals surface area contributed by atoms with Crippen molar-refractivity contribution in [2.75, 3.05) is 11.3 Å². The molecule has 0 unspecified atom stereocenters. The van der Waals surface area contributed by atoms with Crippen molar-refractivity contribution in [3.05, 3.63) is 69.2 Å². The number of anilines is 1. The van der Waals surface area contributed by atoms with Crippen LogP contribution >= 0.6 is 39.3 Å². The molecule has 0 amide bonds. The monoisotopic (exact) mass is 436 g/mol. The second kappa shape index (κ2) is 8.37. The molecule has 2 aromatic carbocycles. The maximum Gasteiger partial charge on any atom is 0.264 e. The Kier molecular flexibility index (Phi) is 5.95. The first kappa shape index (κ1) is 17.8. The summed E-state index contributed by atoms with van der Waals surface area (Å²) in [5.74, 6) is 7.08. The standard InChI is InChI=1S/C16H14BrClN6S/c17-13-5-1-11(2-6-13)9-20-21-15-22-23-16(24(15)19)25-10-12-3-7-14(18)8-4-12/h1-9H,10,19H2,(H,21,22)/b20-9+. The van der Waals surface area contributed by atoms with Gasteiger partial charge in [0.25, 0.3) is 5.95 Å². The molecular weight excluding hydrogens is 424 g/mol. The number of nitrogens with zero attached hydrogens (tertiary/aromatic N) is 4. The first-order valence-corrected chi connectivity index (χ1v) is 9.40. The van der Waals surface area contributed by atoms with Gasteiger partial charge in [0, 0.05) is 15.2 Å². The molecule has 0 bridgehead atoms. The van der Waals surface area contributed by atoms with E-state index in [4.69, 9.17) is 17.4 Å². The van der Waals surface area contributed by atoms with E-state index < -0.39 is 0 Å². The van der Waals surface area contributed by atoms with Gasteiger partial charge >= 0.3 is 0 Å². The zero-order valence-corrected chi connectivity index (χ0v) is 16.1.